The fourth-order valence-corrected chi connectivity index (χ4v) is 3.81. The largest absolute Gasteiger partial charge is 0.463 e. The third kappa shape index (κ3) is 5.90. The first kappa shape index (κ1) is 24.9. The molecule has 0 unspecified atom stereocenters. The minimum Gasteiger partial charge on any atom is -0.463 e. The Morgan fingerprint density at radius 1 is 1.20 bits per heavy atom. The molecule has 190 valence electrons. The highest BCUT2D eigenvalue weighted by Crippen LogP contribution is 2.34. The standard InChI is InChI=1S/C21H29N7O7/c1-11(29)4-3-5-13(30)33-8-12-17(35-14(31)6-7-21(2)26-27-21)16(32)20(34-12)28-10-25-15-18(22)23-9-24-19(15)28/h9-10,12,16-17,20,26-27,32H,3-8H2,1-2H3,(H2,22,23,24)/t12-,16-,17+,20-/m1/s1. The number of nitrogens with two attached hydrogens (primary N) is 1. The first-order valence-electron chi connectivity index (χ1n) is 11.3. The van der Waals surface area contributed by atoms with Gasteiger partial charge >= 0.3 is 11.9 Å². The number of esters is 2. The lowest BCUT2D eigenvalue weighted by atomic mass is 10.1. The molecule has 0 spiro atoms. The third-order valence-electron chi connectivity index (χ3n) is 5.94. The van der Waals surface area contributed by atoms with E-state index in [1.54, 1.807) is 0 Å². The Bertz CT molecular complexity index is 1100. The second kappa shape index (κ2) is 10.2. The van der Waals surface area contributed by atoms with Crippen LogP contribution in [0.3, 0.4) is 0 Å². The topological polar surface area (TPSA) is 213 Å². The number of aliphatic hydroxyl groups excluding tert-OH is 1. The SMILES string of the molecule is CC(=O)CCCC(=O)OC[C@H]1O[C@@H](n2cnc3c(N)ncnc32)[C@H](O)[C@H]1OC(=O)CCC1(C)NN1. The molecule has 0 radical (unpaired) electrons. The van der Waals surface area contributed by atoms with Crippen LogP contribution in [0.1, 0.15) is 52.2 Å². The van der Waals surface area contributed by atoms with E-state index < -0.39 is 36.5 Å². The highest BCUT2D eigenvalue weighted by molar-refractivity contribution is 5.81. The van der Waals surface area contributed by atoms with Gasteiger partial charge in [0, 0.05) is 19.3 Å². The number of imidazole rings is 1. The van der Waals surface area contributed by atoms with Gasteiger partial charge in [-0.3, -0.25) is 14.2 Å². The number of nitrogens with one attached hydrogen (secondary N) is 2. The van der Waals surface area contributed by atoms with Crippen LogP contribution in [0.2, 0.25) is 0 Å². The number of Topliss-reactive ketones (excluding diaryl/α,β-unsaturated/α-hetero) is 1. The van der Waals surface area contributed by atoms with Crippen molar-refractivity contribution in [2.45, 2.75) is 76.2 Å². The van der Waals surface area contributed by atoms with Crippen LogP contribution >= 0.6 is 0 Å². The van der Waals surface area contributed by atoms with Crippen molar-refractivity contribution in [2.24, 2.45) is 0 Å². The molecule has 2 saturated heterocycles. The van der Waals surface area contributed by atoms with Gasteiger partial charge in [-0.1, -0.05) is 0 Å². The van der Waals surface area contributed by atoms with Crippen LogP contribution in [-0.4, -0.2) is 72.9 Å². The summed E-state index contributed by atoms with van der Waals surface area (Å²) in [6.45, 7) is 3.09. The highest BCUT2D eigenvalue weighted by Gasteiger charge is 2.48. The number of ether oxygens (including phenoxy) is 3. The summed E-state index contributed by atoms with van der Waals surface area (Å²) in [5.41, 5.74) is 12.1. The normalized spacial score (nSPS) is 24.9. The summed E-state index contributed by atoms with van der Waals surface area (Å²) in [6, 6.07) is 0. The maximum atomic E-state index is 12.5. The summed E-state index contributed by atoms with van der Waals surface area (Å²) in [4.78, 5) is 47.9. The van der Waals surface area contributed by atoms with E-state index in [1.807, 2.05) is 6.92 Å². The molecule has 14 nitrogen and oxygen atoms in total. The zero-order valence-electron chi connectivity index (χ0n) is 19.5. The minimum absolute atomic E-state index is 0.0164. The van der Waals surface area contributed by atoms with Crippen molar-refractivity contribution in [2.75, 3.05) is 12.3 Å². The molecule has 4 heterocycles. The molecule has 35 heavy (non-hydrogen) atoms. The highest BCUT2D eigenvalue weighted by atomic mass is 16.6. The summed E-state index contributed by atoms with van der Waals surface area (Å²) in [5.74, 6) is -0.909. The zero-order valence-corrected chi connectivity index (χ0v) is 19.5. The van der Waals surface area contributed by atoms with Gasteiger partial charge in [0.1, 0.15) is 36.4 Å². The van der Waals surface area contributed by atoms with Crippen molar-refractivity contribution in [1.29, 1.82) is 0 Å². The van der Waals surface area contributed by atoms with Gasteiger partial charge in [0.15, 0.2) is 23.8 Å². The zero-order chi connectivity index (χ0) is 25.2. The Morgan fingerprint density at radius 2 is 1.97 bits per heavy atom. The molecule has 2 aliphatic rings. The smallest absolute Gasteiger partial charge is 0.306 e. The Morgan fingerprint density at radius 3 is 2.69 bits per heavy atom. The Labute approximate surface area is 200 Å². The third-order valence-corrected chi connectivity index (χ3v) is 5.94. The maximum Gasteiger partial charge on any atom is 0.306 e. The average molecular weight is 492 g/mol. The molecule has 2 fully saturated rings. The van der Waals surface area contributed by atoms with Crippen LogP contribution < -0.4 is 16.6 Å². The van der Waals surface area contributed by atoms with Crippen LogP contribution in [-0.2, 0) is 28.6 Å². The van der Waals surface area contributed by atoms with Gasteiger partial charge in [-0.05, 0) is 26.7 Å². The van der Waals surface area contributed by atoms with E-state index in [0.717, 1.165) is 0 Å². The summed E-state index contributed by atoms with van der Waals surface area (Å²) < 4.78 is 18.3. The van der Waals surface area contributed by atoms with Gasteiger partial charge in [0.25, 0.3) is 0 Å². The van der Waals surface area contributed by atoms with Crippen molar-refractivity contribution in [3.05, 3.63) is 12.7 Å². The number of aromatic nitrogens is 4. The number of fused-ring (bicyclic) bond motifs is 1. The lowest BCUT2D eigenvalue weighted by Gasteiger charge is -2.21. The number of hydrogen-bond donors (Lipinski definition) is 4. The van der Waals surface area contributed by atoms with E-state index in [0.29, 0.717) is 24.0 Å². The predicted octanol–water partition coefficient (Wildman–Crippen LogP) is -0.515. The monoisotopic (exact) mass is 491 g/mol. The van der Waals surface area contributed by atoms with Crippen molar-refractivity contribution >= 4 is 34.7 Å². The van der Waals surface area contributed by atoms with Crippen LogP contribution in [0.25, 0.3) is 11.2 Å². The molecule has 0 amide bonds. The molecule has 4 rings (SSSR count). The minimum atomic E-state index is -1.30. The maximum absolute atomic E-state index is 12.5. The van der Waals surface area contributed by atoms with E-state index in [-0.39, 0.29) is 43.1 Å². The molecule has 2 aromatic heterocycles. The van der Waals surface area contributed by atoms with E-state index in [1.165, 1.54) is 24.1 Å². The van der Waals surface area contributed by atoms with Gasteiger partial charge in [-0.15, -0.1) is 0 Å². The summed E-state index contributed by atoms with van der Waals surface area (Å²) >= 11 is 0. The van der Waals surface area contributed by atoms with Crippen LogP contribution in [0.5, 0.6) is 0 Å². The van der Waals surface area contributed by atoms with E-state index >= 15 is 0 Å². The number of carbonyl (C=O) groups excluding carboxylic acids is 3. The molecule has 4 atom stereocenters. The van der Waals surface area contributed by atoms with Gasteiger partial charge in [0.05, 0.1) is 12.0 Å². The van der Waals surface area contributed by atoms with Crippen LogP contribution in [0, 0.1) is 0 Å². The number of nitrogens with zero attached hydrogens (tertiary/aromatic N) is 4. The summed E-state index contributed by atoms with van der Waals surface area (Å²) in [7, 11) is 0. The summed E-state index contributed by atoms with van der Waals surface area (Å²) in [5, 5.41) is 11.0. The molecule has 5 N–H and O–H groups in total. The lowest BCUT2D eigenvalue weighted by Crippen LogP contribution is -2.39. The van der Waals surface area contributed by atoms with Crippen molar-refractivity contribution in [1.82, 2.24) is 30.4 Å². The summed E-state index contributed by atoms with van der Waals surface area (Å²) in [6.07, 6.45) is -0.453. The Hall–Kier alpha value is -3.20. The molecule has 0 bridgehead atoms. The molecule has 0 aromatic carbocycles. The second-order valence-corrected chi connectivity index (χ2v) is 8.91. The van der Waals surface area contributed by atoms with E-state index in [2.05, 4.69) is 25.8 Å². The number of aliphatic hydroxyl groups is 1. The second-order valence-electron chi connectivity index (χ2n) is 8.91. The molecule has 2 aliphatic heterocycles. The number of ketones is 1. The van der Waals surface area contributed by atoms with Crippen LogP contribution in [0.15, 0.2) is 12.7 Å². The molecule has 14 heteroatoms. The Balaban J connectivity index is 1.46. The average Bonchev–Trinajstić information content (AvgIpc) is 3.26. The quantitative estimate of drug-likeness (QED) is 0.230. The van der Waals surface area contributed by atoms with Gasteiger partial charge in [-0.2, -0.15) is 0 Å². The molecule has 0 aliphatic carbocycles. The van der Waals surface area contributed by atoms with E-state index in [9.17, 15) is 19.5 Å². The van der Waals surface area contributed by atoms with Gasteiger partial charge in [-0.25, -0.2) is 25.8 Å². The van der Waals surface area contributed by atoms with Crippen LogP contribution in [0.4, 0.5) is 5.82 Å². The van der Waals surface area contributed by atoms with Crippen molar-refractivity contribution < 1.29 is 33.7 Å². The first-order valence-corrected chi connectivity index (χ1v) is 11.3. The first-order chi connectivity index (χ1) is 16.7. The van der Waals surface area contributed by atoms with Crippen molar-refractivity contribution in [3.8, 4) is 0 Å². The molecule has 0 saturated carbocycles. The lowest BCUT2D eigenvalue weighted by molar-refractivity contribution is -0.160. The predicted molar refractivity (Wildman–Crippen MR) is 119 cm³/mol. The fraction of sp³-hybridized carbons (Fsp3) is 0.619. The fourth-order valence-electron chi connectivity index (χ4n) is 3.81. The number of anilines is 1. The molecular weight excluding hydrogens is 462 g/mol. The van der Waals surface area contributed by atoms with Gasteiger partial charge < -0.3 is 29.8 Å². The number of rotatable bonds is 11. The number of carbonyl (C=O) groups is 3. The number of hydrogen-bond acceptors (Lipinski definition) is 13. The van der Waals surface area contributed by atoms with Gasteiger partial charge in [0.2, 0.25) is 0 Å². The number of hydrazine groups is 1. The van der Waals surface area contributed by atoms with E-state index in [4.69, 9.17) is 19.9 Å². The molecule has 2 aromatic rings. The number of nitrogen functional groups attached to an aromatic ring is 1. The van der Waals surface area contributed by atoms with Crippen molar-refractivity contribution in [3.63, 3.8) is 0 Å². The Kier molecular flexibility index (Phi) is 7.25. The molecular formula is C21H29N7O7.